The zero-order valence-corrected chi connectivity index (χ0v) is 17.5. The number of carboxylic acids is 1. The topological polar surface area (TPSA) is 108 Å². The summed E-state index contributed by atoms with van der Waals surface area (Å²) >= 11 is 0. The van der Waals surface area contributed by atoms with Crippen molar-refractivity contribution in [2.75, 3.05) is 16.7 Å². The van der Waals surface area contributed by atoms with Gasteiger partial charge < -0.3 is 20.0 Å². The van der Waals surface area contributed by atoms with Crippen LogP contribution in [-0.2, 0) is 10.2 Å². The summed E-state index contributed by atoms with van der Waals surface area (Å²) in [6, 6.07) is 8.71. The lowest BCUT2D eigenvalue weighted by Crippen LogP contribution is -2.32. The Morgan fingerprint density at radius 3 is 2.77 bits per heavy atom. The molecule has 1 aliphatic rings. The SMILES string of the molecule is Cc1cc(C(=O)O)ccc1Nc1nccc(-c2cnc3c(c2)C(C)(C)CN3[B]C=O)n1. The summed E-state index contributed by atoms with van der Waals surface area (Å²) in [6.07, 6.45) is 4.18. The van der Waals surface area contributed by atoms with Gasteiger partial charge in [-0.1, -0.05) is 13.8 Å². The number of aryl methyl sites for hydroxylation is 1. The van der Waals surface area contributed by atoms with Crippen LogP contribution in [0, 0.1) is 6.92 Å². The Bertz CT molecular complexity index is 1180. The second kappa shape index (κ2) is 7.83. The van der Waals surface area contributed by atoms with Crippen molar-refractivity contribution in [2.45, 2.75) is 26.2 Å². The van der Waals surface area contributed by atoms with Crippen LogP contribution in [0.15, 0.2) is 42.7 Å². The number of aromatic carboxylic acids is 1. The van der Waals surface area contributed by atoms with Gasteiger partial charge in [0.2, 0.25) is 5.95 Å². The summed E-state index contributed by atoms with van der Waals surface area (Å²) in [4.78, 5) is 37.4. The van der Waals surface area contributed by atoms with Gasteiger partial charge in [0.25, 0.3) is 0 Å². The van der Waals surface area contributed by atoms with Gasteiger partial charge in [0, 0.05) is 41.2 Å². The molecule has 4 rings (SSSR count). The first-order valence-corrected chi connectivity index (χ1v) is 9.79. The van der Waals surface area contributed by atoms with Gasteiger partial charge in [-0.2, -0.15) is 0 Å². The summed E-state index contributed by atoms with van der Waals surface area (Å²) in [7, 11) is 1.50. The summed E-state index contributed by atoms with van der Waals surface area (Å²) in [6.45, 7) is 6.74. The quantitative estimate of drug-likeness (QED) is 0.468. The van der Waals surface area contributed by atoms with Crippen LogP contribution in [0.25, 0.3) is 11.3 Å². The molecule has 1 aliphatic heterocycles. The first kappa shape index (κ1) is 20.5. The number of carboxylic acid groups (broad SMARTS) is 1. The second-order valence-corrected chi connectivity index (χ2v) is 8.12. The Labute approximate surface area is 180 Å². The molecule has 0 atom stereocenters. The molecule has 0 saturated carbocycles. The Morgan fingerprint density at radius 1 is 1.26 bits per heavy atom. The van der Waals surface area contributed by atoms with E-state index in [1.807, 2.05) is 17.8 Å². The standard InChI is InChI=1S/C22H21BN5O3/c1-13-8-14(20(30)31)4-5-17(13)26-21-24-7-6-18(27-21)15-9-16-19(25-10-15)28(23-12-29)11-22(16,2)3/h4-10,12H,11H2,1-3H3,(H,30,31)(H,24,26,27). The lowest BCUT2D eigenvalue weighted by Gasteiger charge is -2.19. The van der Waals surface area contributed by atoms with Crippen LogP contribution in [0.5, 0.6) is 0 Å². The normalized spacial score (nSPS) is 14.1. The molecule has 0 amide bonds. The molecule has 31 heavy (non-hydrogen) atoms. The fourth-order valence-electron chi connectivity index (χ4n) is 3.74. The van der Waals surface area contributed by atoms with E-state index in [0.29, 0.717) is 18.2 Å². The van der Waals surface area contributed by atoms with Crippen LogP contribution in [-0.4, -0.2) is 46.2 Å². The fraction of sp³-hybridized carbons (Fsp3) is 0.227. The van der Waals surface area contributed by atoms with E-state index in [0.717, 1.165) is 34.4 Å². The molecule has 0 unspecified atom stereocenters. The summed E-state index contributed by atoms with van der Waals surface area (Å²) in [5.74, 6) is 0.214. The van der Waals surface area contributed by atoms with Crippen LogP contribution in [0.1, 0.15) is 35.3 Å². The molecule has 1 radical (unpaired) electrons. The van der Waals surface area contributed by atoms with Crippen molar-refractivity contribution in [2.24, 2.45) is 0 Å². The van der Waals surface area contributed by atoms with E-state index in [4.69, 9.17) is 5.11 Å². The first-order chi connectivity index (χ1) is 14.8. The average molecular weight is 414 g/mol. The Morgan fingerprint density at radius 2 is 2.06 bits per heavy atom. The van der Waals surface area contributed by atoms with Crippen molar-refractivity contribution >= 4 is 37.0 Å². The fourth-order valence-corrected chi connectivity index (χ4v) is 3.74. The molecule has 0 spiro atoms. The number of nitrogens with zero attached hydrogens (tertiary/aromatic N) is 4. The number of anilines is 3. The summed E-state index contributed by atoms with van der Waals surface area (Å²) < 4.78 is 0. The zero-order valence-electron chi connectivity index (χ0n) is 17.5. The van der Waals surface area contributed by atoms with Crippen molar-refractivity contribution in [1.82, 2.24) is 15.0 Å². The largest absolute Gasteiger partial charge is 0.478 e. The maximum atomic E-state index is 11.1. The van der Waals surface area contributed by atoms with Crippen molar-refractivity contribution < 1.29 is 14.7 Å². The van der Waals surface area contributed by atoms with Gasteiger partial charge in [0.05, 0.1) is 11.3 Å². The van der Waals surface area contributed by atoms with Crippen molar-refractivity contribution in [1.29, 1.82) is 0 Å². The van der Waals surface area contributed by atoms with E-state index < -0.39 is 5.97 Å². The van der Waals surface area contributed by atoms with Gasteiger partial charge in [-0.3, -0.25) is 0 Å². The third-order valence-electron chi connectivity index (χ3n) is 5.35. The minimum Gasteiger partial charge on any atom is -0.478 e. The summed E-state index contributed by atoms with van der Waals surface area (Å²) in [5.41, 5.74) is 4.19. The molecule has 0 aliphatic carbocycles. The zero-order chi connectivity index (χ0) is 22.2. The van der Waals surface area contributed by atoms with Crippen LogP contribution in [0.3, 0.4) is 0 Å². The number of nitrogens with one attached hydrogen (secondary N) is 1. The molecule has 2 N–H and O–H groups in total. The number of hydrogen-bond acceptors (Lipinski definition) is 7. The highest BCUT2D eigenvalue weighted by Crippen LogP contribution is 2.40. The molecule has 155 valence electrons. The number of rotatable bonds is 6. The lowest BCUT2D eigenvalue weighted by atomic mass is 9.86. The molecule has 0 bridgehead atoms. The highest BCUT2D eigenvalue weighted by atomic mass is 16.4. The molecule has 0 fully saturated rings. The predicted molar refractivity (Wildman–Crippen MR) is 120 cm³/mol. The predicted octanol–water partition coefficient (Wildman–Crippen LogP) is 3.20. The van der Waals surface area contributed by atoms with E-state index in [1.165, 1.54) is 13.5 Å². The number of benzene rings is 1. The number of carbonyl (C=O) groups is 2. The van der Waals surface area contributed by atoms with Crippen LogP contribution in [0.4, 0.5) is 17.5 Å². The lowest BCUT2D eigenvalue weighted by molar-refractivity contribution is 0.0697. The second-order valence-electron chi connectivity index (χ2n) is 8.12. The van der Waals surface area contributed by atoms with Crippen LogP contribution >= 0.6 is 0 Å². The molecule has 0 saturated heterocycles. The number of hydrogen-bond donors (Lipinski definition) is 2. The smallest absolute Gasteiger partial charge is 0.335 e. The maximum Gasteiger partial charge on any atom is 0.335 e. The highest BCUT2D eigenvalue weighted by Gasteiger charge is 2.36. The molecule has 2 aromatic heterocycles. The van der Waals surface area contributed by atoms with Crippen molar-refractivity contribution in [3.63, 3.8) is 0 Å². The van der Waals surface area contributed by atoms with Gasteiger partial charge in [-0.15, -0.1) is 0 Å². The van der Waals surface area contributed by atoms with E-state index in [-0.39, 0.29) is 11.0 Å². The minimum atomic E-state index is -0.968. The first-order valence-electron chi connectivity index (χ1n) is 9.79. The Balaban J connectivity index is 1.64. The monoisotopic (exact) mass is 414 g/mol. The molecule has 9 heteroatoms. The number of aromatic nitrogens is 3. The summed E-state index contributed by atoms with van der Waals surface area (Å²) in [5, 5.41) is 12.3. The Kier molecular flexibility index (Phi) is 5.18. The van der Waals surface area contributed by atoms with Gasteiger partial charge in [0.15, 0.2) is 0 Å². The molecule has 8 nitrogen and oxygen atoms in total. The highest BCUT2D eigenvalue weighted by molar-refractivity contribution is 6.70. The maximum absolute atomic E-state index is 11.1. The van der Waals surface area contributed by atoms with E-state index in [2.05, 4.69) is 40.2 Å². The van der Waals surface area contributed by atoms with Crippen molar-refractivity contribution in [3.05, 3.63) is 59.4 Å². The Hall–Kier alpha value is -3.75. The number of fused-ring (bicyclic) bond motifs is 1. The van der Waals surface area contributed by atoms with Crippen LogP contribution < -0.4 is 10.1 Å². The molecule has 3 aromatic rings. The van der Waals surface area contributed by atoms with Gasteiger partial charge >= 0.3 is 13.4 Å². The van der Waals surface area contributed by atoms with Gasteiger partial charge in [-0.05, 0) is 42.8 Å². The molecular weight excluding hydrogens is 393 g/mol. The third kappa shape index (κ3) is 3.99. The van der Waals surface area contributed by atoms with E-state index in [9.17, 15) is 9.59 Å². The van der Waals surface area contributed by atoms with Gasteiger partial charge in [0.1, 0.15) is 12.0 Å². The molecule has 3 heterocycles. The van der Waals surface area contributed by atoms with Gasteiger partial charge in [-0.25, -0.2) is 19.7 Å². The van der Waals surface area contributed by atoms with Crippen molar-refractivity contribution in [3.8, 4) is 11.3 Å². The number of pyridine rings is 1. The molecular formula is C22H21BN5O3. The minimum absolute atomic E-state index is 0.158. The molecule has 1 aromatic carbocycles. The third-order valence-corrected chi connectivity index (χ3v) is 5.35. The van der Waals surface area contributed by atoms with E-state index >= 15 is 0 Å². The van der Waals surface area contributed by atoms with E-state index in [1.54, 1.807) is 24.5 Å². The van der Waals surface area contributed by atoms with Crippen LogP contribution in [0.2, 0.25) is 0 Å². The average Bonchev–Trinajstić information content (AvgIpc) is 2.99. The number of carbonyl (C=O) groups excluding carboxylic acids is 1.